The molecule has 0 bridgehead atoms. The Labute approximate surface area is 74.9 Å². The van der Waals surface area contributed by atoms with Gasteiger partial charge in [-0.3, -0.25) is 4.99 Å². The molecule has 0 saturated heterocycles. The fourth-order valence-corrected chi connectivity index (χ4v) is 1.77. The second-order valence-corrected chi connectivity index (χ2v) is 3.18. The van der Waals surface area contributed by atoms with Crippen LogP contribution >= 0.6 is 0 Å². The topological polar surface area (TPSA) is 37.5 Å². The lowest BCUT2D eigenvalue weighted by molar-refractivity contribution is 0.481. The number of aromatic hydroxyl groups is 1. The highest BCUT2D eigenvalue weighted by atomic mass is 16.3. The van der Waals surface area contributed by atoms with Gasteiger partial charge in [0.15, 0.2) is 0 Å². The molecule has 0 radical (unpaired) electrons. The standard InChI is InChI=1S/C10H8N2O/c13-10-3-1-2-7-8(10)5-12-6-11-4-9(7)12/h1-5,13H,6H2. The molecule has 1 N–H and O–H groups in total. The number of hydrogen-bond donors (Lipinski definition) is 1. The molecule has 0 fully saturated rings. The molecule has 0 unspecified atom stereocenters. The number of rotatable bonds is 0. The predicted octanol–water partition coefficient (Wildman–Crippen LogP) is 1.74. The molecule has 1 aliphatic heterocycles. The Balaban J connectivity index is 2.51. The number of aromatic nitrogens is 1. The van der Waals surface area contributed by atoms with Gasteiger partial charge in [-0.15, -0.1) is 0 Å². The summed E-state index contributed by atoms with van der Waals surface area (Å²) in [6, 6.07) is 5.55. The Hall–Kier alpha value is -1.77. The van der Waals surface area contributed by atoms with Crippen molar-refractivity contribution < 1.29 is 5.11 Å². The molecular formula is C10H8N2O. The van der Waals surface area contributed by atoms with Crippen molar-refractivity contribution >= 4 is 17.0 Å². The molecule has 0 spiro atoms. The van der Waals surface area contributed by atoms with E-state index in [2.05, 4.69) is 4.99 Å². The highest BCUT2D eigenvalue weighted by Crippen LogP contribution is 2.29. The monoisotopic (exact) mass is 172 g/mol. The number of aliphatic imine (C=N–C) groups is 1. The van der Waals surface area contributed by atoms with E-state index in [9.17, 15) is 5.11 Å². The SMILES string of the molecule is Oc1cccc2c3n(cc12)CN=C3. The van der Waals surface area contributed by atoms with Crippen molar-refractivity contribution in [1.29, 1.82) is 0 Å². The zero-order valence-electron chi connectivity index (χ0n) is 6.94. The summed E-state index contributed by atoms with van der Waals surface area (Å²) in [6.45, 7) is 0.670. The van der Waals surface area contributed by atoms with Gasteiger partial charge in [-0.25, -0.2) is 0 Å². The number of hydrogen-bond acceptors (Lipinski definition) is 2. The molecule has 1 aliphatic rings. The molecule has 2 heterocycles. The van der Waals surface area contributed by atoms with E-state index >= 15 is 0 Å². The maximum Gasteiger partial charge on any atom is 0.124 e. The van der Waals surface area contributed by atoms with Crippen molar-refractivity contribution in [1.82, 2.24) is 4.57 Å². The quantitative estimate of drug-likeness (QED) is 0.645. The first-order valence-corrected chi connectivity index (χ1v) is 4.17. The van der Waals surface area contributed by atoms with Gasteiger partial charge in [-0.2, -0.15) is 0 Å². The van der Waals surface area contributed by atoms with E-state index in [1.54, 1.807) is 6.07 Å². The summed E-state index contributed by atoms with van der Waals surface area (Å²) >= 11 is 0. The van der Waals surface area contributed by atoms with E-state index in [-0.39, 0.29) is 0 Å². The minimum Gasteiger partial charge on any atom is -0.507 e. The Kier molecular flexibility index (Phi) is 1.10. The van der Waals surface area contributed by atoms with Crippen LogP contribution in [0.15, 0.2) is 29.4 Å². The van der Waals surface area contributed by atoms with Crippen molar-refractivity contribution in [2.75, 3.05) is 0 Å². The van der Waals surface area contributed by atoms with Crippen molar-refractivity contribution in [3.05, 3.63) is 30.1 Å². The summed E-state index contributed by atoms with van der Waals surface area (Å²) in [5.41, 5.74) is 1.09. The van der Waals surface area contributed by atoms with Crippen LogP contribution in [0.5, 0.6) is 5.75 Å². The maximum atomic E-state index is 9.57. The number of fused-ring (bicyclic) bond motifs is 3. The largest absolute Gasteiger partial charge is 0.507 e. The van der Waals surface area contributed by atoms with E-state index in [4.69, 9.17) is 0 Å². The van der Waals surface area contributed by atoms with Gasteiger partial charge in [0.2, 0.25) is 0 Å². The Morgan fingerprint density at radius 1 is 1.31 bits per heavy atom. The zero-order chi connectivity index (χ0) is 8.84. The Morgan fingerprint density at radius 2 is 2.23 bits per heavy atom. The van der Waals surface area contributed by atoms with Gasteiger partial charge in [-0.1, -0.05) is 12.1 Å². The first kappa shape index (κ1) is 6.71. The van der Waals surface area contributed by atoms with Gasteiger partial charge in [0.05, 0.1) is 5.69 Å². The number of nitrogens with zero attached hydrogens (tertiary/aromatic N) is 2. The van der Waals surface area contributed by atoms with Crippen LogP contribution in [0.25, 0.3) is 10.8 Å². The Morgan fingerprint density at radius 3 is 3.15 bits per heavy atom. The molecule has 0 amide bonds. The van der Waals surface area contributed by atoms with Gasteiger partial charge < -0.3 is 9.67 Å². The summed E-state index contributed by atoms with van der Waals surface area (Å²) in [5.74, 6) is 0.341. The normalized spacial score (nSPS) is 13.8. The van der Waals surface area contributed by atoms with Gasteiger partial charge in [0, 0.05) is 23.2 Å². The van der Waals surface area contributed by atoms with Crippen LogP contribution in [-0.4, -0.2) is 15.9 Å². The zero-order valence-corrected chi connectivity index (χ0v) is 6.94. The first-order valence-electron chi connectivity index (χ1n) is 4.17. The van der Waals surface area contributed by atoms with Crippen LogP contribution in [0.4, 0.5) is 0 Å². The van der Waals surface area contributed by atoms with Crippen LogP contribution in [0, 0.1) is 0 Å². The lowest BCUT2D eigenvalue weighted by Crippen LogP contribution is -1.88. The van der Waals surface area contributed by atoms with Gasteiger partial charge in [0.1, 0.15) is 12.4 Å². The molecule has 3 rings (SSSR count). The van der Waals surface area contributed by atoms with Crippen molar-refractivity contribution in [2.24, 2.45) is 4.99 Å². The first-order chi connectivity index (χ1) is 6.36. The van der Waals surface area contributed by atoms with Crippen molar-refractivity contribution in [3.63, 3.8) is 0 Å². The molecule has 64 valence electrons. The highest BCUT2D eigenvalue weighted by molar-refractivity contribution is 6.02. The molecule has 0 saturated carbocycles. The summed E-state index contributed by atoms with van der Waals surface area (Å²) < 4.78 is 2.03. The minimum atomic E-state index is 0.341. The predicted molar refractivity (Wildman–Crippen MR) is 51.2 cm³/mol. The minimum absolute atomic E-state index is 0.341. The number of benzene rings is 1. The molecule has 13 heavy (non-hydrogen) atoms. The smallest absolute Gasteiger partial charge is 0.124 e. The van der Waals surface area contributed by atoms with Crippen LogP contribution < -0.4 is 0 Å². The van der Waals surface area contributed by atoms with Crippen molar-refractivity contribution in [3.8, 4) is 5.75 Å². The maximum absolute atomic E-state index is 9.57. The van der Waals surface area contributed by atoms with Gasteiger partial charge in [-0.05, 0) is 6.07 Å². The van der Waals surface area contributed by atoms with Gasteiger partial charge in [0.25, 0.3) is 0 Å². The van der Waals surface area contributed by atoms with E-state index in [0.29, 0.717) is 12.4 Å². The highest BCUT2D eigenvalue weighted by Gasteiger charge is 2.12. The van der Waals surface area contributed by atoms with Crippen LogP contribution in [0.3, 0.4) is 0 Å². The molecule has 2 aromatic rings. The summed E-state index contributed by atoms with van der Waals surface area (Å²) in [5, 5.41) is 11.5. The summed E-state index contributed by atoms with van der Waals surface area (Å²) in [4.78, 5) is 4.15. The van der Waals surface area contributed by atoms with Crippen LogP contribution in [0.1, 0.15) is 5.69 Å². The third kappa shape index (κ3) is 0.758. The van der Waals surface area contributed by atoms with Crippen LogP contribution in [0.2, 0.25) is 0 Å². The molecule has 0 atom stereocenters. The fourth-order valence-electron chi connectivity index (χ4n) is 1.77. The molecule has 3 heteroatoms. The lowest BCUT2D eigenvalue weighted by Gasteiger charge is -1.92. The average Bonchev–Trinajstić information content (AvgIpc) is 2.65. The van der Waals surface area contributed by atoms with E-state index in [0.717, 1.165) is 16.5 Å². The lowest BCUT2D eigenvalue weighted by atomic mass is 10.2. The summed E-state index contributed by atoms with van der Waals surface area (Å²) in [7, 11) is 0. The third-order valence-corrected chi connectivity index (χ3v) is 2.40. The molecular weight excluding hydrogens is 164 g/mol. The van der Waals surface area contributed by atoms with E-state index in [1.807, 2.05) is 29.1 Å². The van der Waals surface area contributed by atoms with E-state index in [1.165, 1.54) is 0 Å². The fraction of sp³-hybridized carbons (Fsp3) is 0.100. The van der Waals surface area contributed by atoms with E-state index < -0.39 is 0 Å². The molecule has 1 aromatic carbocycles. The molecule has 0 aliphatic carbocycles. The average molecular weight is 172 g/mol. The molecule has 1 aromatic heterocycles. The number of phenolic OH excluding ortho intramolecular Hbond substituents is 1. The molecule has 3 nitrogen and oxygen atoms in total. The summed E-state index contributed by atoms with van der Waals surface area (Å²) in [6.07, 6.45) is 3.79. The van der Waals surface area contributed by atoms with Gasteiger partial charge >= 0.3 is 0 Å². The second-order valence-electron chi connectivity index (χ2n) is 3.18. The Bertz CT molecular complexity index is 511. The van der Waals surface area contributed by atoms with Crippen molar-refractivity contribution in [2.45, 2.75) is 6.67 Å². The third-order valence-electron chi connectivity index (χ3n) is 2.40. The number of phenols is 1. The second kappa shape index (κ2) is 2.13. The van der Waals surface area contributed by atoms with Crippen LogP contribution in [-0.2, 0) is 6.67 Å².